The molecule has 0 atom stereocenters. The predicted octanol–water partition coefficient (Wildman–Crippen LogP) is 14.6. The molecule has 0 fully saturated rings. The van der Waals surface area contributed by atoms with Gasteiger partial charge in [0.2, 0.25) is 7.28 Å². The second-order valence-corrected chi connectivity index (χ2v) is 20.5. The third-order valence-electron chi connectivity index (χ3n) is 13.3. The standard InChI is InChI=1S/C56H48BN2O3/c1-54(2,3)30-18-22-33(23-19-30)58-40-29-45-36(34-14-10-12-16-42(34)60-45)28-37(40)46-47-35-15-11-13-17-43(35)61-52(47)48-38-26-31(55(4,5)6)20-24-41(38)59-50-39-27-32(56(7,8)9)21-25-44(39)62-53(50)57-49(46)51(48)59/h10-29,58H,1-9H3. The molecule has 0 unspecified atom stereocenters. The zero-order chi connectivity index (χ0) is 42.6. The van der Waals surface area contributed by atoms with E-state index in [1.165, 1.54) is 22.1 Å². The molecule has 0 bridgehead atoms. The Kier molecular flexibility index (Phi) is 7.47. The van der Waals surface area contributed by atoms with Crippen LogP contribution >= 0.6 is 0 Å². The Morgan fingerprint density at radius 3 is 1.82 bits per heavy atom. The Morgan fingerprint density at radius 2 is 1.11 bits per heavy atom. The van der Waals surface area contributed by atoms with E-state index in [1.807, 2.05) is 6.07 Å². The maximum absolute atomic E-state index is 7.18. The summed E-state index contributed by atoms with van der Waals surface area (Å²) >= 11 is 0. The third kappa shape index (κ3) is 5.35. The van der Waals surface area contributed by atoms with E-state index in [9.17, 15) is 0 Å². The molecule has 1 N–H and O–H groups in total. The van der Waals surface area contributed by atoms with Crippen LogP contribution in [0.25, 0.3) is 93.5 Å². The highest BCUT2D eigenvalue weighted by atomic mass is 16.3. The van der Waals surface area contributed by atoms with Gasteiger partial charge in [0.1, 0.15) is 27.9 Å². The van der Waals surface area contributed by atoms with Crippen LogP contribution in [0, 0.1) is 0 Å². The lowest BCUT2D eigenvalue weighted by molar-refractivity contribution is 0.590. The van der Waals surface area contributed by atoms with Gasteiger partial charge < -0.3 is 23.1 Å². The number of nitrogens with one attached hydrogen (secondary N) is 1. The molecule has 0 aliphatic carbocycles. The highest BCUT2D eigenvalue weighted by molar-refractivity contribution is 6.74. The van der Waals surface area contributed by atoms with Crippen LogP contribution in [0.4, 0.5) is 11.4 Å². The number of rotatable bonds is 3. The zero-order valence-corrected chi connectivity index (χ0v) is 36.8. The minimum Gasteiger partial charge on any atom is -0.469 e. The molecular formula is C56H48BN2O3. The van der Waals surface area contributed by atoms with Gasteiger partial charge in [0, 0.05) is 49.6 Å². The number of nitrogens with zero attached hydrogens (tertiary/aromatic N) is 1. The van der Waals surface area contributed by atoms with E-state index in [0.717, 1.165) is 111 Å². The molecule has 0 amide bonds. The summed E-state index contributed by atoms with van der Waals surface area (Å²) in [5.74, 6) is 0. The van der Waals surface area contributed by atoms with Crippen molar-refractivity contribution in [2.45, 2.75) is 78.6 Å². The normalized spacial score (nSPS) is 13.4. The lowest BCUT2D eigenvalue weighted by Crippen LogP contribution is -2.36. The minimum atomic E-state index is -0.0613. The monoisotopic (exact) mass is 807 g/mol. The molecule has 303 valence electrons. The Morgan fingerprint density at radius 1 is 0.500 bits per heavy atom. The van der Waals surface area contributed by atoms with Crippen molar-refractivity contribution in [3.8, 4) is 16.8 Å². The lowest BCUT2D eigenvalue weighted by Gasteiger charge is -2.23. The summed E-state index contributed by atoms with van der Waals surface area (Å²) in [6, 6.07) is 43.9. The first-order valence-corrected chi connectivity index (χ1v) is 21.8. The van der Waals surface area contributed by atoms with Crippen molar-refractivity contribution in [1.82, 2.24) is 4.57 Å². The predicted molar refractivity (Wildman–Crippen MR) is 261 cm³/mol. The fourth-order valence-corrected chi connectivity index (χ4v) is 9.94. The van der Waals surface area contributed by atoms with Crippen molar-refractivity contribution < 1.29 is 13.3 Å². The fourth-order valence-electron chi connectivity index (χ4n) is 9.94. The summed E-state index contributed by atoms with van der Waals surface area (Å²) < 4.78 is 23.2. The van der Waals surface area contributed by atoms with E-state index >= 15 is 0 Å². The van der Waals surface area contributed by atoms with E-state index < -0.39 is 0 Å². The number of para-hydroxylation sites is 2. The molecule has 1 radical (unpaired) electrons. The molecule has 1 aliphatic rings. The Balaban J connectivity index is 1.26. The fraction of sp³-hybridized carbons (Fsp3) is 0.214. The molecule has 6 heteroatoms. The highest BCUT2D eigenvalue weighted by Gasteiger charge is 2.35. The molecule has 62 heavy (non-hydrogen) atoms. The van der Waals surface area contributed by atoms with Crippen molar-refractivity contribution in [2.24, 2.45) is 0 Å². The molecule has 5 nitrogen and oxygen atoms in total. The van der Waals surface area contributed by atoms with E-state index in [2.05, 4.69) is 195 Å². The quantitative estimate of drug-likeness (QED) is 0.181. The molecule has 1 aliphatic heterocycles. The van der Waals surface area contributed by atoms with Crippen molar-refractivity contribution >= 4 is 106 Å². The lowest BCUT2D eigenvalue weighted by atomic mass is 9.61. The Hall–Kier alpha value is -6.66. The number of fused-ring (bicyclic) bond motifs is 14. The number of furan rings is 3. The van der Waals surface area contributed by atoms with Crippen molar-refractivity contribution in [3.63, 3.8) is 0 Å². The van der Waals surface area contributed by atoms with Gasteiger partial charge in [0.15, 0.2) is 0 Å². The van der Waals surface area contributed by atoms with Crippen LogP contribution in [0.1, 0.15) is 79.0 Å². The first-order valence-electron chi connectivity index (χ1n) is 21.8. The zero-order valence-electron chi connectivity index (χ0n) is 36.8. The topological polar surface area (TPSA) is 56.4 Å². The van der Waals surface area contributed by atoms with E-state index in [0.29, 0.717) is 0 Å². The third-order valence-corrected chi connectivity index (χ3v) is 13.3. The van der Waals surface area contributed by atoms with Crippen LogP contribution < -0.4 is 16.4 Å². The van der Waals surface area contributed by atoms with Gasteiger partial charge in [-0.1, -0.05) is 123 Å². The molecule has 4 aromatic heterocycles. The van der Waals surface area contributed by atoms with Crippen LogP contribution in [-0.4, -0.2) is 11.8 Å². The van der Waals surface area contributed by atoms with Gasteiger partial charge in [-0.05, 0) is 98.6 Å². The highest BCUT2D eigenvalue weighted by Crippen LogP contribution is 2.49. The molecule has 0 saturated carbocycles. The Labute approximate surface area is 361 Å². The average molecular weight is 808 g/mol. The van der Waals surface area contributed by atoms with Crippen LogP contribution in [0.2, 0.25) is 0 Å². The van der Waals surface area contributed by atoms with Crippen LogP contribution in [-0.2, 0) is 16.2 Å². The van der Waals surface area contributed by atoms with Crippen LogP contribution in [0.3, 0.4) is 0 Å². The number of hydrogen-bond donors (Lipinski definition) is 1. The van der Waals surface area contributed by atoms with Gasteiger partial charge in [-0.2, -0.15) is 0 Å². The molecule has 11 aromatic rings. The van der Waals surface area contributed by atoms with Gasteiger partial charge in [0.05, 0.1) is 33.5 Å². The summed E-state index contributed by atoms with van der Waals surface area (Å²) in [7, 11) is 2.30. The van der Waals surface area contributed by atoms with Gasteiger partial charge in [0.25, 0.3) is 0 Å². The molecule has 0 saturated heterocycles. The Bertz CT molecular complexity index is 3680. The van der Waals surface area contributed by atoms with E-state index in [4.69, 9.17) is 13.3 Å². The molecule has 7 aromatic carbocycles. The molecule has 12 rings (SSSR count). The molecular weight excluding hydrogens is 759 g/mol. The summed E-state index contributed by atoms with van der Waals surface area (Å²) in [5, 5.41) is 11.6. The van der Waals surface area contributed by atoms with Gasteiger partial charge in [-0.25, -0.2) is 0 Å². The first kappa shape index (κ1) is 37.1. The van der Waals surface area contributed by atoms with Crippen molar-refractivity contribution in [2.75, 3.05) is 5.32 Å². The molecule has 0 spiro atoms. The number of anilines is 2. The summed E-state index contributed by atoms with van der Waals surface area (Å²) in [4.78, 5) is 0. The van der Waals surface area contributed by atoms with Gasteiger partial charge in [-0.3, -0.25) is 0 Å². The summed E-state index contributed by atoms with van der Waals surface area (Å²) in [6.45, 7) is 20.4. The van der Waals surface area contributed by atoms with E-state index in [1.54, 1.807) is 0 Å². The average Bonchev–Trinajstić information content (AvgIpc) is 3.99. The van der Waals surface area contributed by atoms with Crippen molar-refractivity contribution in [1.29, 1.82) is 0 Å². The van der Waals surface area contributed by atoms with Crippen LogP contribution in [0.15, 0.2) is 135 Å². The SMILES string of the molecule is CC(C)(C)c1ccc(Nc2cc3oc4ccccc4c3cc2-c2c3c4c(c5cc(C(C)(C)C)ccc5n4-c4c(oc5ccc(C(C)(C)C)cc45)[B]3)c3oc4ccccc4c23)cc1. The second kappa shape index (κ2) is 12.5. The minimum absolute atomic E-state index is 0.0364. The molecule has 5 heterocycles. The maximum Gasteiger partial charge on any atom is 0.247 e. The van der Waals surface area contributed by atoms with E-state index in [-0.39, 0.29) is 16.2 Å². The summed E-state index contributed by atoms with van der Waals surface area (Å²) in [5.41, 5.74) is 17.4. The van der Waals surface area contributed by atoms with Crippen LogP contribution in [0.5, 0.6) is 0 Å². The largest absolute Gasteiger partial charge is 0.469 e. The van der Waals surface area contributed by atoms with Gasteiger partial charge >= 0.3 is 0 Å². The summed E-state index contributed by atoms with van der Waals surface area (Å²) in [6.07, 6.45) is 0. The number of hydrogen-bond acceptors (Lipinski definition) is 4. The smallest absolute Gasteiger partial charge is 0.247 e. The first-order chi connectivity index (χ1) is 29.6. The number of aromatic nitrogens is 1. The van der Waals surface area contributed by atoms with Gasteiger partial charge in [-0.15, -0.1) is 0 Å². The second-order valence-electron chi connectivity index (χ2n) is 20.5. The maximum atomic E-state index is 7.18. The van der Waals surface area contributed by atoms with Crippen molar-refractivity contribution in [3.05, 3.63) is 138 Å². The number of benzene rings is 7.